The van der Waals surface area contributed by atoms with Gasteiger partial charge in [0.15, 0.2) is 0 Å². The van der Waals surface area contributed by atoms with Gasteiger partial charge in [0.05, 0.1) is 24.8 Å². The van der Waals surface area contributed by atoms with Gasteiger partial charge >= 0.3 is 0 Å². The zero-order valence-corrected chi connectivity index (χ0v) is 15.8. The van der Waals surface area contributed by atoms with Crippen LogP contribution in [0, 0.1) is 17.2 Å². The lowest BCUT2D eigenvalue weighted by Gasteiger charge is -2.33. The molecule has 27 heavy (non-hydrogen) atoms. The van der Waals surface area contributed by atoms with Gasteiger partial charge in [0, 0.05) is 17.2 Å². The highest BCUT2D eigenvalue weighted by molar-refractivity contribution is 7.63. The van der Waals surface area contributed by atoms with Gasteiger partial charge in [-0.2, -0.15) is 5.26 Å². The first kappa shape index (κ1) is 18.6. The Morgan fingerprint density at radius 1 is 1.19 bits per heavy atom. The lowest BCUT2D eigenvalue weighted by Crippen LogP contribution is -2.36. The van der Waals surface area contributed by atoms with E-state index in [1.54, 1.807) is 26.2 Å². The zero-order valence-electron chi connectivity index (χ0n) is 15.0. The van der Waals surface area contributed by atoms with E-state index in [0.717, 1.165) is 5.56 Å². The number of benzene rings is 2. The van der Waals surface area contributed by atoms with Gasteiger partial charge in [0.25, 0.3) is 0 Å². The third kappa shape index (κ3) is 3.69. The van der Waals surface area contributed by atoms with Gasteiger partial charge < -0.3 is 22.7 Å². The first-order valence-electron chi connectivity index (χ1n) is 8.42. The summed E-state index contributed by atoms with van der Waals surface area (Å²) in [4.78, 5) is 17.5. The van der Waals surface area contributed by atoms with Crippen LogP contribution in [0.15, 0.2) is 70.2 Å². The quantitative estimate of drug-likeness (QED) is 0.824. The number of aliphatic imine (C=N–C) groups is 1. The van der Waals surface area contributed by atoms with E-state index < -0.39 is 11.8 Å². The summed E-state index contributed by atoms with van der Waals surface area (Å²) in [6.45, 7) is 1.77. The average molecular weight is 376 g/mol. The van der Waals surface area contributed by atoms with Crippen molar-refractivity contribution in [3.8, 4) is 11.8 Å². The Bertz CT molecular complexity index is 961. The van der Waals surface area contributed by atoms with E-state index in [2.05, 4.69) is 16.4 Å². The summed E-state index contributed by atoms with van der Waals surface area (Å²) in [6.07, 6.45) is 0. The number of para-hydroxylation sites is 2. The standard InChI is InChI=1S/C21H19N3O2S/c1-13-18(20(25)24-16-10-6-7-11-17(16)26-2)19(14-8-4-3-5-9-14)15(12-22)21(27)23-13/h3-11,18-19,27H,1-2H3,(H,24,25)/p-1/t18?,19-/m1/s1. The molecule has 0 spiro atoms. The van der Waals surface area contributed by atoms with Crippen LogP contribution < -0.4 is 10.1 Å². The summed E-state index contributed by atoms with van der Waals surface area (Å²) in [5.41, 5.74) is 2.34. The normalized spacial score (nSPS) is 19.1. The van der Waals surface area contributed by atoms with Crippen molar-refractivity contribution in [2.45, 2.75) is 12.8 Å². The Labute approximate surface area is 163 Å². The lowest BCUT2D eigenvalue weighted by atomic mass is 9.77. The van der Waals surface area contributed by atoms with Crippen molar-refractivity contribution in [3.05, 3.63) is 70.8 Å². The number of nitrogens with zero attached hydrogens (tertiary/aromatic N) is 2. The molecule has 1 amide bonds. The van der Waals surface area contributed by atoms with Crippen LogP contribution in [0.4, 0.5) is 5.69 Å². The van der Waals surface area contributed by atoms with E-state index in [4.69, 9.17) is 17.4 Å². The first-order chi connectivity index (χ1) is 13.1. The number of rotatable bonds is 4. The van der Waals surface area contributed by atoms with Crippen molar-refractivity contribution in [3.63, 3.8) is 0 Å². The van der Waals surface area contributed by atoms with Gasteiger partial charge in [-0.15, -0.1) is 0 Å². The molecule has 2 atom stereocenters. The monoisotopic (exact) mass is 376 g/mol. The lowest BCUT2D eigenvalue weighted by molar-refractivity contribution is -0.118. The van der Waals surface area contributed by atoms with Crippen LogP contribution >= 0.6 is 0 Å². The first-order valence-corrected chi connectivity index (χ1v) is 8.83. The molecule has 0 aromatic heterocycles. The van der Waals surface area contributed by atoms with Crippen LogP contribution in [0.1, 0.15) is 18.4 Å². The second kappa shape index (κ2) is 8.02. The van der Waals surface area contributed by atoms with Gasteiger partial charge in [-0.1, -0.05) is 47.5 Å². The summed E-state index contributed by atoms with van der Waals surface area (Å²) in [5.74, 6) is -0.813. The predicted octanol–water partition coefficient (Wildman–Crippen LogP) is 3.79. The largest absolute Gasteiger partial charge is 0.759 e. The summed E-state index contributed by atoms with van der Waals surface area (Å²) < 4.78 is 5.31. The van der Waals surface area contributed by atoms with Crippen molar-refractivity contribution >= 4 is 29.9 Å². The summed E-state index contributed by atoms with van der Waals surface area (Å²) >= 11 is 5.29. The molecule has 5 nitrogen and oxygen atoms in total. The second-order valence-corrected chi connectivity index (χ2v) is 6.53. The Morgan fingerprint density at radius 3 is 2.52 bits per heavy atom. The molecular formula is C21H18N3O2S-. The molecule has 136 valence electrons. The van der Waals surface area contributed by atoms with Gasteiger partial charge in [-0.3, -0.25) is 9.79 Å². The third-order valence-corrected chi connectivity index (χ3v) is 4.84. The molecule has 0 saturated carbocycles. The fourth-order valence-corrected chi connectivity index (χ4v) is 3.58. The molecule has 1 unspecified atom stereocenters. The number of carbonyl (C=O) groups excluding carboxylic acids is 1. The molecule has 1 aliphatic rings. The molecule has 0 saturated heterocycles. The minimum absolute atomic E-state index is 0.241. The van der Waals surface area contributed by atoms with E-state index in [-0.39, 0.29) is 10.9 Å². The number of hydrogen-bond acceptors (Lipinski definition) is 5. The Hall–Kier alpha value is -3.17. The molecule has 3 rings (SSSR count). The Kier molecular flexibility index (Phi) is 5.53. The van der Waals surface area contributed by atoms with E-state index in [1.165, 1.54) is 0 Å². The van der Waals surface area contributed by atoms with E-state index in [1.807, 2.05) is 42.5 Å². The number of hydrogen-bond donors (Lipinski definition) is 1. The zero-order chi connectivity index (χ0) is 19.4. The molecule has 0 aliphatic carbocycles. The number of ether oxygens (including phenoxy) is 1. The predicted molar refractivity (Wildman–Crippen MR) is 107 cm³/mol. The molecular weight excluding hydrogens is 358 g/mol. The van der Waals surface area contributed by atoms with Crippen molar-refractivity contribution in [2.24, 2.45) is 10.9 Å². The SMILES string of the molecule is COc1ccccc1NC(=O)C1C(C)=NC([S-])=C(C#N)[C@H]1c1ccccc1. The topological polar surface area (TPSA) is 74.5 Å². The number of allylic oxidation sites excluding steroid dienone is 1. The number of nitrogens with one attached hydrogen (secondary N) is 1. The molecule has 2 aromatic carbocycles. The highest BCUT2D eigenvalue weighted by Gasteiger charge is 2.37. The average Bonchev–Trinajstić information content (AvgIpc) is 2.68. The molecule has 1 N–H and O–H groups in total. The van der Waals surface area contributed by atoms with Gasteiger partial charge in [0.2, 0.25) is 5.91 Å². The molecule has 1 heterocycles. The Balaban J connectivity index is 2.02. The van der Waals surface area contributed by atoms with Crippen LogP contribution in [0.3, 0.4) is 0 Å². The van der Waals surface area contributed by atoms with Gasteiger partial charge in [0.1, 0.15) is 5.75 Å². The number of amides is 1. The van der Waals surface area contributed by atoms with E-state index in [9.17, 15) is 10.1 Å². The molecule has 0 bridgehead atoms. The fraction of sp³-hybridized carbons (Fsp3) is 0.190. The maximum absolute atomic E-state index is 13.2. The smallest absolute Gasteiger partial charge is 0.234 e. The Morgan fingerprint density at radius 2 is 1.85 bits per heavy atom. The number of anilines is 1. The third-order valence-electron chi connectivity index (χ3n) is 4.53. The van der Waals surface area contributed by atoms with Crippen LogP contribution in [0.25, 0.3) is 0 Å². The summed E-state index contributed by atoms with van der Waals surface area (Å²) in [6, 6.07) is 18.8. The molecule has 0 radical (unpaired) electrons. The van der Waals surface area contributed by atoms with E-state index >= 15 is 0 Å². The van der Waals surface area contributed by atoms with E-state index in [0.29, 0.717) is 22.7 Å². The maximum Gasteiger partial charge on any atom is 0.234 e. The molecule has 1 aliphatic heterocycles. The molecule has 6 heteroatoms. The van der Waals surface area contributed by atoms with Crippen molar-refractivity contribution < 1.29 is 9.53 Å². The van der Waals surface area contributed by atoms with Crippen molar-refractivity contribution in [2.75, 3.05) is 12.4 Å². The summed E-state index contributed by atoms with van der Waals surface area (Å²) in [7, 11) is 1.55. The highest BCUT2D eigenvalue weighted by Crippen LogP contribution is 2.39. The molecule has 2 aromatic rings. The highest BCUT2D eigenvalue weighted by atomic mass is 32.1. The number of methoxy groups -OCH3 is 1. The fourth-order valence-electron chi connectivity index (χ4n) is 3.27. The van der Waals surface area contributed by atoms with Crippen molar-refractivity contribution in [1.82, 2.24) is 0 Å². The van der Waals surface area contributed by atoms with Crippen LogP contribution in [0.2, 0.25) is 0 Å². The number of nitriles is 1. The van der Waals surface area contributed by atoms with Gasteiger partial charge in [-0.25, -0.2) is 0 Å². The summed E-state index contributed by atoms with van der Waals surface area (Å²) in [5, 5.41) is 12.8. The van der Waals surface area contributed by atoms with Gasteiger partial charge in [-0.05, 0) is 24.6 Å². The van der Waals surface area contributed by atoms with Crippen molar-refractivity contribution in [1.29, 1.82) is 5.26 Å². The minimum atomic E-state index is -0.640. The van der Waals surface area contributed by atoms with Crippen LogP contribution in [-0.4, -0.2) is 18.7 Å². The minimum Gasteiger partial charge on any atom is -0.759 e. The number of carbonyl (C=O) groups is 1. The second-order valence-electron chi connectivity index (χ2n) is 6.14. The maximum atomic E-state index is 13.2. The molecule has 0 fully saturated rings. The van der Waals surface area contributed by atoms with Crippen LogP contribution in [0.5, 0.6) is 5.75 Å². The van der Waals surface area contributed by atoms with Crippen LogP contribution in [-0.2, 0) is 17.4 Å².